The molecule has 0 amide bonds. The predicted molar refractivity (Wildman–Crippen MR) is 59.9 cm³/mol. The summed E-state index contributed by atoms with van der Waals surface area (Å²) >= 11 is 2.37. The molecule has 1 saturated carbocycles. The van der Waals surface area contributed by atoms with Crippen LogP contribution in [0.1, 0.15) is 12.8 Å². The maximum atomic E-state index is 5.67. The third-order valence-electron chi connectivity index (χ3n) is 2.19. The van der Waals surface area contributed by atoms with Crippen molar-refractivity contribution in [2.75, 3.05) is 7.11 Å². The van der Waals surface area contributed by atoms with E-state index >= 15 is 0 Å². The molecule has 72 valence electrons. The molecule has 3 heteroatoms. The second kappa shape index (κ2) is 4.00. The Bertz CT molecular complexity index is 243. The van der Waals surface area contributed by atoms with Crippen molar-refractivity contribution in [3.8, 4) is 0 Å². The minimum atomic E-state index is 0.166. The van der Waals surface area contributed by atoms with Gasteiger partial charge in [0, 0.05) is 7.11 Å². The average molecular weight is 292 g/mol. The molecule has 0 N–H and O–H groups in total. The van der Waals surface area contributed by atoms with Crippen molar-refractivity contribution in [3.05, 3.63) is 24.0 Å². The van der Waals surface area contributed by atoms with Crippen molar-refractivity contribution < 1.29 is 9.47 Å². The molecule has 2 unspecified atom stereocenters. The number of hydrogen-bond acceptors (Lipinski definition) is 2. The summed E-state index contributed by atoms with van der Waals surface area (Å²) in [6.45, 7) is 0. The molecule has 0 aromatic carbocycles. The molecule has 0 aromatic rings. The molecule has 1 fully saturated rings. The van der Waals surface area contributed by atoms with Gasteiger partial charge in [-0.05, 0) is 25.0 Å². The Labute approximate surface area is 92.1 Å². The van der Waals surface area contributed by atoms with E-state index in [9.17, 15) is 0 Å². The van der Waals surface area contributed by atoms with Gasteiger partial charge in [-0.1, -0.05) is 28.7 Å². The number of allylic oxidation sites excluding steroid dienone is 1. The zero-order chi connectivity index (χ0) is 9.26. The van der Waals surface area contributed by atoms with E-state index in [0.29, 0.717) is 10.0 Å². The van der Waals surface area contributed by atoms with Crippen LogP contribution in [0.5, 0.6) is 0 Å². The van der Waals surface area contributed by atoms with E-state index in [1.807, 2.05) is 6.08 Å². The Morgan fingerprint density at radius 2 is 2.23 bits per heavy atom. The van der Waals surface area contributed by atoms with Gasteiger partial charge in [0.05, 0.1) is 16.1 Å². The number of methoxy groups -OCH3 is 1. The van der Waals surface area contributed by atoms with E-state index in [-0.39, 0.29) is 6.10 Å². The zero-order valence-corrected chi connectivity index (χ0v) is 9.73. The number of hydrogen-bond donors (Lipinski definition) is 0. The van der Waals surface area contributed by atoms with Gasteiger partial charge in [0.15, 0.2) is 0 Å². The number of ether oxygens (including phenoxy) is 2. The van der Waals surface area contributed by atoms with E-state index < -0.39 is 0 Å². The highest BCUT2D eigenvalue weighted by molar-refractivity contribution is 14.1. The Hall–Kier alpha value is -0.0300. The van der Waals surface area contributed by atoms with Gasteiger partial charge in [0.25, 0.3) is 0 Å². The monoisotopic (exact) mass is 292 g/mol. The van der Waals surface area contributed by atoms with Crippen molar-refractivity contribution in [1.29, 1.82) is 0 Å². The molecule has 0 spiro atoms. The van der Waals surface area contributed by atoms with E-state index in [4.69, 9.17) is 9.47 Å². The minimum absolute atomic E-state index is 0.166. The third-order valence-corrected chi connectivity index (χ3v) is 3.31. The molecule has 2 aliphatic carbocycles. The normalized spacial score (nSPS) is 32.9. The standard InChI is InChI=1S/C10H13IO2/c1-12-10-6-8(4-5-9(10)11)13-7-2-3-7/h4-7,9-10H,2-3H2,1H3. The van der Waals surface area contributed by atoms with Crippen LogP contribution in [-0.4, -0.2) is 23.2 Å². The van der Waals surface area contributed by atoms with Crippen molar-refractivity contribution >= 4 is 22.6 Å². The zero-order valence-electron chi connectivity index (χ0n) is 7.57. The van der Waals surface area contributed by atoms with Crippen LogP contribution < -0.4 is 0 Å². The third kappa shape index (κ3) is 2.47. The molecule has 0 saturated heterocycles. The first-order valence-corrected chi connectivity index (χ1v) is 5.77. The highest BCUT2D eigenvalue weighted by atomic mass is 127. The molecule has 0 aliphatic heterocycles. The molecular weight excluding hydrogens is 279 g/mol. The summed E-state index contributed by atoms with van der Waals surface area (Å²) in [6.07, 6.45) is 9.29. The van der Waals surface area contributed by atoms with Crippen molar-refractivity contribution in [1.82, 2.24) is 0 Å². The Morgan fingerprint density at radius 1 is 1.46 bits per heavy atom. The SMILES string of the molecule is COC1C=C(OC2CC2)C=CC1I. The molecule has 13 heavy (non-hydrogen) atoms. The summed E-state index contributed by atoms with van der Waals surface area (Å²) in [4.78, 5) is 0. The topological polar surface area (TPSA) is 18.5 Å². The molecule has 2 atom stereocenters. The number of halogens is 1. The van der Waals surface area contributed by atoms with E-state index in [2.05, 4.69) is 34.7 Å². The van der Waals surface area contributed by atoms with Crippen LogP contribution in [0, 0.1) is 0 Å². The molecule has 0 aromatic heterocycles. The molecular formula is C10H13IO2. The summed E-state index contributed by atoms with van der Waals surface area (Å²) < 4.78 is 11.4. The van der Waals surface area contributed by atoms with Gasteiger partial charge >= 0.3 is 0 Å². The van der Waals surface area contributed by atoms with Gasteiger partial charge in [-0.15, -0.1) is 0 Å². The average Bonchev–Trinajstić information content (AvgIpc) is 2.92. The Balaban J connectivity index is 1.98. The maximum Gasteiger partial charge on any atom is 0.118 e. The largest absolute Gasteiger partial charge is 0.491 e. The lowest BCUT2D eigenvalue weighted by Gasteiger charge is -2.20. The first-order valence-electron chi connectivity index (χ1n) is 4.53. The van der Waals surface area contributed by atoms with Gasteiger partial charge < -0.3 is 9.47 Å². The Kier molecular flexibility index (Phi) is 2.93. The van der Waals surface area contributed by atoms with Crippen LogP contribution in [-0.2, 0) is 9.47 Å². The van der Waals surface area contributed by atoms with Gasteiger partial charge in [-0.25, -0.2) is 0 Å². The lowest BCUT2D eigenvalue weighted by Crippen LogP contribution is -2.22. The molecule has 0 heterocycles. The predicted octanol–water partition coefficient (Wildman–Crippen LogP) is 2.44. The van der Waals surface area contributed by atoms with Gasteiger partial charge in [0.1, 0.15) is 5.76 Å². The van der Waals surface area contributed by atoms with E-state index in [1.165, 1.54) is 12.8 Å². The summed E-state index contributed by atoms with van der Waals surface area (Å²) in [5.41, 5.74) is 0. The van der Waals surface area contributed by atoms with Crippen molar-refractivity contribution in [2.24, 2.45) is 0 Å². The quantitative estimate of drug-likeness (QED) is 0.587. The number of rotatable bonds is 3. The summed E-state index contributed by atoms with van der Waals surface area (Å²) in [5, 5.41) is 0. The fourth-order valence-electron chi connectivity index (χ4n) is 1.26. The molecule has 2 rings (SSSR count). The van der Waals surface area contributed by atoms with Crippen LogP contribution in [0.3, 0.4) is 0 Å². The van der Waals surface area contributed by atoms with Gasteiger partial charge in [0.2, 0.25) is 0 Å². The van der Waals surface area contributed by atoms with E-state index in [0.717, 1.165) is 5.76 Å². The highest BCUT2D eigenvalue weighted by Crippen LogP contribution is 2.29. The van der Waals surface area contributed by atoms with Crippen LogP contribution in [0.25, 0.3) is 0 Å². The van der Waals surface area contributed by atoms with E-state index in [1.54, 1.807) is 7.11 Å². The summed E-state index contributed by atoms with van der Waals surface area (Å²) in [5.74, 6) is 0.974. The second-order valence-corrected chi connectivity index (χ2v) is 4.83. The van der Waals surface area contributed by atoms with Crippen LogP contribution in [0.15, 0.2) is 24.0 Å². The molecule has 2 nitrogen and oxygen atoms in total. The smallest absolute Gasteiger partial charge is 0.118 e. The Morgan fingerprint density at radius 3 is 2.85 bits per heavy atom. The molecule has 2 aliphatic rings. The van der Waals surface area contributed by atoms with Crippen molar-refractivity contribution in [2.45, 2.75) is 29.0 Å². The summed E-state index contributed by atoms with van der Waals surface area (Å²) in [6, 6.07) is 0. The first-order chi connectivity index (χ1) is 6.29. The fourth-order valence-corrected chi connectivity index (χ4v) is 1.97. The van der Waals surface area contributed by atoms with Gasteiger partial charge in [-0.3, -0.25) is 0 Å². The number of alkyl halides is 1. The molecule has 0 bridgehead atoms. The maximum absolute atomic E-state index is 5.67. The minimum Gasteiger partial charge on any atom is -0.491 e. The lowest BCUT2D eigenvalue weighted by molar-refractivity contribution is 0.137. The van der Waals surface area contributed by atoms with Crippen LogP contribution in [0.2, 0.25) is 0 Å². The summed E-state index contributed by atoms with van der Waals surface area (Å²) in [7, 11) is 1.74. The van der Waals surface area contributed by atoms with Crippen molar-refractivity contribution in [3.63, 3.8) is 0 Å². The van der Waals surface area contributed by atoms with Crippen LogP contribution in [0.4, 0.5) is 0 Å². The van der Waals surface area contributed by atoms with Gasteiger partial charge in [-0.2, -0.15) is 0 Å². The fraction of sp³-hybridized carbons (Fsp3) is 0.600. The molecule has 0 radical (unpaired) electrons. The highest BCUT2D eigenvalue weighted by Gasteiger charge is 2.26. The van der Waals surface area contributed by atoms with Crippen LogP contribution >= 0.6 is 22.6 Å². The lowest BCUT2D eigenvalue weighted by atomic mass is 10.1. The second-order valence-electron chi connectivity index (χ2n) is 3.39. The first kappa shape index (κ1) is 9.52.